The second kappa shape index (κ2) is 6.60. The number of nitriles is 1. The van der Waals surface area contributed by atoms with Gasteiger partial charge in [0.25, 0.3) is 0 Å². The molecule has 0 amide bonds. The molecule has 0 saturated heterocycles. The topological polar surface area (TPSA) is 77.2 Å². The van der Waals surface area contributed by atoms with Gasteiger partial charge in [-0.25, -0.2) is 4.79 Å². The van der Waals surface area contributed by atoms with Crippen LogP contribution in [0.5, 0.6) is 0 Å². The van der Waals surface area contributed by atoms with E-state index in [-0.39, 0.29) is 5.56 Å². The summed E-state index contributed by atoms with van der Waals surface area (Å²) in [7, 11) is 0. The fourth-order valence-corrected chi connectivity index (χ4v) is 1.75. The van der Waals surface area contributed by atoms with Crippen LogP contribution in [-0.2, 0) is 0 Å². The molecule has 1 heterocycles. The molecule has 0 aliphatic carbocycles. The Morgan fingerprint density at radius 1 is 1.61 bits per heavy atom. The number of hydrogen-bond donors (Lipinski definition) is 1. The summed E-state index contributed by atoms with van der Waals surface area (Å²) < 4.78 is 0. The highest BCUT2D eigenvalue weighted by Crippen LogP contribution is 2.20. The van der Waals surface area contributed by atoms with Crippen molar-refractivity contribution in [3.8, 4) is 6.07 Å². The molecule has 0 spiro atoms. The van der Waals surface area contributed by atoms with E-state index >= 15 is 0 Å². The second-order valence-electron chi connectivity index (χ2n) is 4.45. The first-order valence-electron chi connectivity index (χ1n) is 5.85. The van der Waals surface area contributed by atoms with E-state index in [1.807, 2.05) is 4.90 Å². The molecule has 18 heavy (non-hydrogen) atoms. The Balaban J connectivity index is 3.04. The molecule has 0 bridgehead atoms. The van der Waals surface area contributed by atoms with E-state index in [1.165, 1.54) is 12.3 Å². The molecular weight excluding hydrogens is 230 g/mol. The zero-order valence-electron chi connectivity index (χ0n) is 10.6. The first-order chi connectivity index (χ1) is 8.56. The minimum atomic E-state index is -0.974. The molecule has 0 fully saturated rings. The lowest BCUT2D eigenvalue weighted by molar-refractivity contribution is 0.0697. The van der Waals surface area contributed by atoms with Crippen LogP contribution in [0.2, 0.25) is 0 Å². The largest absolute Gasteiger partial charge is 0.478 e. The molecule has 0 atom stereocenters. The number of aromatic carboxylic acids is 1. The molecule has 1 N–H and O–H groups in total. The molecule has 5 heteroatoms. The first kappa shape index (κ1) is 14.0. The Morgan fingerprint density at radius 2 is 2.33 bits per heavy atom. The van der Waals surface area contributed by atoms with Gasteiger partial charge in [-0.15, -0.1) is 0 Å². The number of carboxylic acid groups (broad SMARTS) is 1. The number of pyridine rings is 1. The van der Waals surface area contributed by atoms with Gasteiger partial charge in [0.2, 0.25) is 0 Å². The molecule has 0 unspecified atom stereocenters. The standard InChI is InChI=1S/C13H17N3O2/c1-10(2)9-16(7-3-5-14)12-8-15-6-4-11(12)13(17)18/h4,6,8,10H,3,7,9H2,1-2H3,(H,17,18). The van der Waals surface area contributed by atoms with E-state index in [2.05, 4.69) is 24.9 Å². The highest BCUT2D eigenvalue weighted by molar-refractivity contribution is 5.94. The van der Waals surface area contributed by atoms with Crippen molar-refractivity contribution in [3.63, 3.8) is 0 Å². The Bertz CT molecular complexity index is 452. The highest BCUT2D eigenvalue weighted by atomic mass is 16.4. The maximum atomic E-state index is 11.2. The van der Waals surface area contributed by atoms with Crippen LogP contribution in [0.15, 0.2) is 18.5 Å². The maximum Gasteiger partial charge on any atom is 0.337 e. The van der Waals surface area contributed by atoms with Gasteiger partial charge in [0, 0.05) is 19.3 Å². The quantitative estimate of drug-likeness (QED) is 0.833. The molecule has 1 aromatic rings. The van der Waals surface area contributed by atoms with Crippen LogP contribution in [0.25, 0.3) is 0 Å². The fourth-order valence-electron chi connectivity index (χ4n) is 1.75. The number of hydrogen-bond acceptors (Lipinski definition) is 4. The predicted molar refractivity (Wildman–Crippen MR) is 68.5 cm³/mol. The van der Waals surface area contributed by atoms with E-state index in [0.29, 0.717) is 31.1 Å². The van der Waals surface area contributed by atoms with Crippen molar-refractivity contribution >= 4 is 11.7 Å². The minimum Gasteiger partial charge on any atom is -0.478 e. The Morgan fingerprint density at radius 3 is 2.89 bits per heavy atom. The third-order valence-electron chi connectivity index (χ3n) is 2.45. The summed E-state index contributed by atoms with van der Waals surface area (Å²) in [4.78, 5) is 17.0. The van der Waals surface area contributed by atoms with Gasteiger partial charge in [0.05, 0.1) is 29.9 Å². The normalized spacial score (nSPS) is 10.1. The number of anilines is 1. The van der Waals surface area contributed by atoms with Crippen LogP contribution in [-0.4, -0.2) is 29.1 Å². The third kappa shape index (κ3) is 3.74. The van der Waals surface area contributed by atoms with Crippen LogP contribution in [0.4, 0.5) is 5.69 Å². The lowest BCUT2D eigenvalue weighted by atomic mass is 10.1. The van der Waals surface area contributed by atoms with Gasteiger partial charge >= 0.3 is 5.97 Å². The van der Waals surface area contributed by atoms with E-state index in [4.69, 9.17) is 10.4 Å². The van der Waals surface area contributed by atoms with Crippen LogP contribution >= 0.6 is 0 Å². The van der Waals surface area contributed by atoms with Crippen molar-refractivity contribution in [1.82, 2.24) is 4.98 Å². The van der Waals surface area contributed by atoms with E-state index in [9.17, 15) is 4.79 Å². The van der Waals surface area contributed by atoms with Crippen molar-refractivity contribution in [2.45, 2.75) is 20.3 Å². The number of rotatable bonds is 6. The van der Waals surface area contributed by atoms with Crippen LogP contribution in [0, 0.1) is 17.2 Å². The summed E-state index contributed by atoms with van der Waals surface area (Å²) in [6.45, 7) is 5.32. The van der Waals surface area contributed by atoms with Crippen molar-refractivity contribution in [2.75, 3.05) is 18.0 Å². The Labute approximate surface area is 107 Å². The molecule has 96 valence electrons. The summed E-state index contributed by atoms with van der Waals surface area (Å²) in [5.74, 6) is -0.594. The summed E-state index contributed by atoms with van der Waals surface area (Å²) in [6, 6.07) is 3.56. The van der Waals surface area contributed by atoms with Crippen molar-refractivity contribution in [3.05, 3.63) is 24.0 Å². The third-order valence-corrected chi connectivity index (χ3v) is 2.45. The molecule has 1 aromatic heterocycles. The SMILES string of the molecule is CC(C)CN(CCC#N)c1cnccc1C(=O)O. The van der Waals surface area contributed by atoms with Crippen LogP contribution in [0.3, 0.4) is 0 Å². The van der Waals surface area contributed by atoms with E-state index in [1.54, 1.807) is 6.20 Å². The Hall–Kier alpha value is -2.09. The van der Waals surface area contributed by atoms with Gasteiger partial charge in [-0.3, -0.25) is 4.98 Å². The summed E-state index contributed by atoms with van der Waals surface area (Å²) in [5.41, 5.74) is 0.803. The summed E-state index contributed by atoms with van der Waals surface area (Å²) in [6.07, 6.45) is 3.37. The zero-order valence-corrected chi connectivity index (χ0v) is 10.6. The van der Waals surface area contributed by atoms with Crippen LogP contribution in [0.1, 0.15) is 30.6 Å². The van der Waals surface area contributed by atoms with Gasteiger partial charge in [-0.1, -0.05) is 13.8 Å². The molecule has 0 radical (unpaired) electrons. The van der Waals surface area contributed by atoms with Gasteiger partial charge in [0.1, 0.15) is 0 Å². The van der Waals surface area contributed by atoms with Gasteiger partial charge in [-0.2, -0.15) is 5.26 Å². The molecule has 0 saturated carbocycles. The number of aromatic nitrogens is 1. The molecule has 0 aliphatic heterocycles. The molecule has 5 nitrogen and oxygen atoms in total. The predicted octanol–water partition coefficient (Wildman–Crippen LogP) is 2.16. The summed E-state index contributed by atoms with van der Waals surface area (Å²) >= 11 is 0. The van der Waals surface area contributed by atoms with Crippen LogP contribution < -0.4 is 4.90 Å². The lowest BCUT2D eigenvalue weighted by Crippen LogP contribution is -2.30. The molecule has 0 aliphatic rings. The number of nitrogens with zero attached hydrogens (tertiary/aromatic N) is 3. The molecule has 1 rings (SSSR count). The average molecular weight is 247 g/mol. The Kier molecular flexibility index (Phi) is 5.12. The van der Waals surface area contributed by atoms with Gasteiger partial charge in [0.15, 0.2) is 0 Å². The zero-order chi connectivity index (χ0) is 13.5. The average Bonchev–Trinajstić information content (AvgIpc) is 2.34. The summed E-state index contributed by atoms with van der Waals surface area (Å²) in [5, 5.41) is 17.8. The number of carboxylic acids is 1. The maximum absolute atomic E-state index is 11.2. The van der Waals surface area contributed by atoms with Gasteiger partial charge < -0.3 is 10.0 Å². The first-order valence-corrected chi connectivity index (χ1v) is 5.85. The van der Waals surface area contributed by atoms with Gasteiger partial charge in [-0.05, 0) is 12.0 Å². The van der Waals surface area contributed by atoms with Crippen molar-refractivity contribution < 1.29 is 9.90 Å². The number of carbonyl (C=O) groups is 1. The molecule has 0 aromatic carbocycles. The smallest absolute Gasteiger partial charge is 0.337 e. The second-order valence-corrected chi connectivity index (χ2v) is 4.45. The highest BCUT2D eigenvalue weighted by Gasteiger charge is 2.16. The van der Waals surface area contributed by atoms with Crippen molar-refractivity contribution in [2.24, 2.45) is 5.92 Å². The lowest BCUT2D eigenvalue weighted by Gasteiger charge is -2.26. The van der Waals surface area contributed by atoms with Crippen molar-refractivity contribution in [1.29, 1.82) is 5.26 Å². The minimum absolute atomic E-state index is 0.226. The monoisotopic (exact) mass is 247 g/mol. The molecular formula is C13H17N3O2. The fraction of sp³-hybridized carbons (Fsp3) is 0.462. The van der Waals surface area contributed by atoms with E-state index in [0.717, 1.165) is 0 Å². The van der Waals surface area contributed by atoms with E-state index < -0.39 is 5.97 Å².